The molecule has 0 aromatic carbocycles. The highest BCUT2D eigenvalue weighted by atomic mass is 19.1. The quantitative estimate of drug-likeness (QED) is 0.769. The molecule has 4 nitrogen and oxygen atoms in total. The monoisotopic (exact) mass is 215 g/mol. The van der Waals surface area contributed by atoms with Gasteiger partial charge >= 0.3 is 0 Å². The van der Waals surface area contributed by atoms with E-state index in [1.165, 1.54) is 11.8 Å². The zero-order chi connectivity index (χ0) is 11.3. The SMILES string of the molecule is COCC(F)(CCCN)c1ccnn1C. The first-order valence-corrected chi connectivity index (χ1v) is 5.00. The third-order valence-electron chi connectivity index (χ3n) is 2.43. The van der Waals surface area contributed by atoms with E-state index in [1.54, 1.807) is 19.3 Å². The minimum Gasteiger partial charge on any atom is -0.381 e. The number of ether oxygens (including phenoxy) is 1. The van der Waals surface area contributed by atoms with Crippen molar-refractivity contribution in [1.29, 1.82) is 0 Å². The smallest absolute Gasteiger partial charge is 0.175 e. The first-order valence-electron chi connectivity index (χ1n) is 5.00. The second kappa shape index (κ2) is 5.23. The molecule has 0 amide bonds. The summed E-state index contributed by atoms with van der Waals surface area (Å²) in [6.07, 6.45) is 2.57. The Morgan fingerprint density at radius 3 is 2.87 bits per heavy atom. The lowest BCUT2D eigenvalue weighted by Gasteiger charge is -2.24. The summed E-state index contributed by atoms with van der Waals surface area (Å²) in [6.45, 7) is 0.514. The Bertz CT molecular complexity index is 303. The van der Waals surface area contributed by atoms with Crippen LogP contribution in [0.2, 0.25) is 0 Å². The number of hydrogen-bond donors (Lipinski definition) is 1. The molecule has 1 aromatic rings. The summed E-state index contributed by atoms with van der Waals surface area (Å²) in [5.74, 6) is 0. The highest BCUT2D eigenvalue weighted by Gasteiger charge is 2.34. The van der Waals surface area contributed by atoms with Gasteiger partial charge in [0.2, 0.25) is 0 Å². The minimum absolute atomic E-state index is 0.0343. The van der Waals surface area contributed by atoms with Crippen molar-refractivity contribution in [2.75, 3.05) is 20.3 Å². The minimum atomic E-state index is -1.49. The molecule has 0 saturated carbocycles. The van der Waals surface area contributed by atoms with Crippen molar-refractivity contribution in [3.05, 3.63) is 18.0 Å². The topological polar surface area (TPSA) is 53.1 Å². The van der Waals surface area contributed by atoms with E-state index in [2.05, 4.69) is 5.10 Å². The van der Waals surface area contributed by atoms with Crippen LogP contribution in [0.4, 0.5) is 4.39 Å². The van der Waals surface area contributed by atoms with E-state index in [0.29, 0.717) is 25.1 Å². The Balaban J connectivity index is 2.85. The van der Waals surface area contributed by atoms with Gasteiger partial charge in [-0.05, 0) is 25.5 Å². The van der Waals surface area contributed by atoms with Gasteiger partial charge in [-0.15, -0.1) is 0 Å². The van der Waals surface area contributed by atoms with Crippen LogP contribution in [-0.2, 0) is 17.5 Å². The van der Waals surface area contributed by atoms with Crippen molar-refractivity contribution in [3.63, 3.8) is 0 Å². The molecule has 0 radical (unpaired) electrons. The number of methoxy groups -OCH3 is 1. The number of nitrogens with zero attached hydrogens (tertiary/aromatic N) is 2. The van der Waals surface area contributed by atoms with Gasteiger partial charge in [0.25, 0.3) is 0 Å². The van der Waals surface area contributed by atoms with Crippen molar-refractivity contribution in [2.24, 2.45) is 12.8 Å². The predicted octanol–water partition coefficient (Wildman–Crippen LogP) is 0.970. The van der Waals surface area contributed by atoms with Crippen molar-refractivity contribution >= 4 is 0 Å². The standard InChI is InChI=1S/C10H18FN3O/c1-14-9(4-7-13-14)10(11,8-15-2)5-3-6-12/h4,7H,3,5-6,8,12H2,1-2H3. The molecule has 0 aliphatic rings. The Morgan fingerprint density at radius 2 is 2.40 bits per heavy atom. The summed E-state index contributed by atoms with van der Waals surface area (Å²) in [6, 6.07) is 1.68. The van der Waals surface area contributed by atoms with E-state index in [1.807, 2.05) is 0 Å². The number of alkyl halides is 1. The molecule has 1 atom stereocenters. The molecule has 1 aromatic heterocycles. The maximum atomic E-state index is 14.6. The molecular weight excluding hydrogens is 197 g/mol. The molecule has 5 heteroatoms. The van der Waals surface area contributed by atoms with Crippen LogP contribution < -0.4 is 5.73 Å². The average molecular weight is 215 g/mol. The van der Waals surface area contributed by atoms with E-state index < -0.39 is 5.67 Å². The Kier molecular flexibility index (Phi) is 4.23. The fourth-order valence-corrected chi connectivity index (χ4v) is 1.70. The van der Waals surface area contributed by atoms with E-state index in [0.717, 1.165) is 0 Å². The van der Waals surface area contributed by atoms with Gasteiger partial charge in [0.1, 0.15) is 0 Å². The van der Waals surface area contributed by atoms with Crippen molar-refractivity contribution in [2.45, 2.75) is 18.5 Å². The molecule has 0 aliphatic carbocycles. The van der Waals surface area contributed by atoms with Gasteiger partial charge in [-0.3, -0.25) is 4.68 Å². The largest absolute Gasteiger partial charge is 0.381 e. The molecular formula is C10H18FN3O. The number of aryl methyl sites for hydroxylation is 1. The first kappa shape index (κ1) is 12.1. The van der Waals surface area contributed by atoms with Crippen LogP contribution in [0.3, 0.4) is 0 Å². The molecule has 0 fully saturated rings. The number of rotatable bonds is 6. The van der Waals surface area contributed by atoms with Crippen LogP contribution in [0.25, 0.3) is 0 Å². The van der Waals surface area contributed by atoms with Gasteiger partial charge in [-0.25, -0.2) is 4.39 Å². The van der Waals surface area contributed by atoms with Crippen LogP contribution in [0.1, 0.15) is 18.5 Å². The summed E-state index contributed by atoms with van der Waals surface area (Å²) in [7, 11) is 3.22. The maximum Gasteiger partial charge on any atom is 0.175 e. The van der Waals surface area contributed by atoms with Crippen LogP contribution in [0.15, 0.2) is 12.3 Å². The van der Waals surface area contributed by atoms with Gasteiger partial charge in [0, 0.05) is 20.4 Å². The van der Waals surface area contributed by atoms with Gasteiger partial charge in [-0.2, -0.15) is 5.10 Å². The number of hydrogen-bond acceptors (Lipinski definition) is 3. The number of halogens is 1. The second-order valence-corrected chi connectivity index (χ2v) is 3.63. The molecule has 1 heterocycles. The van der Waals surface area contributed by atoms with Gasteiger partial charge < -0.3 is 10.5 Å². The van der Waals surface area contributed by atoms with Crippen LogP contribution in [0.5, 0.6) is 0 Å². The van der Waals surface area contributed by atoms with Gasteiger partial charge in [0.05, 0.1) is 12.3 Å². The zero-order valence-electron chi connectivity index (χ0n) is 9.24. The highest BCUT2D eigenvalue weighted by molar-refractivity contribution is 5.12. The lowest BCUT2D eigenvalue weighted by molar-refractivity contribution is 0.0243. The maximum absolute atomic E-state index is 14.6. The van der Waals surface area contributed by atoms with Crippen LogP contribution >= 0.6 is 0 Å². The fraction of sp³-hybridized carbons (Fsp3) is 0.700. The molecule has 0 spiro atoms. The van der Waals surface area contributed by atoms with E-state index >= 15 is 0 Å². The third-order valence-corrected chi connectivity index (χ3v) is 2.43. The lowest BCUT2D eigenvalue weighted by atomic mass is 9.96. The molecule has 15 heavy (non-hydrogen) atoms. The van der Waals surface area contributed by atoms with Gasteiger partial charge in [-0.1, -0.05) is 0 Å². The molecule has 2 N–H and O–H groups in total. The summed E-state index contributed by atoms with van der Waals surface area (Å²) in [5, 5.41) is 3.96. The molecule has 1 rings (SSSR count). The van der Waals surface area contributed by atoms with E-state index in [9.17, 15) is 4.39 Å². The van der Waals surface area contributed by atoms with Crippen LogP contribution in [-0.4, -0.2) is 30.0 Å². The first-order chi connectivity index (χ1) is 7.14. The number of aromatic nitrogens is 2. The Labute approximate surface area is 89.2 Å². The average Bonchev–Trinajstić information content (AvgIpc) is 2.62. The molecule has 0 aliphatic heterocycles. The fourth-order valence-electron chi connectivity index (χ4n) is 1.70. The Morgan fingerprint density at radius 1 is 1.67 bits per heavy atom. The van der Waals surface area contributed by atoms with E-state index in [4.69, 9.17) is 10.5 Å². The summed E-state index contributed by atoms with van der Waals surface area (Å²) < 4.78 is 21.0. The predicted molar refractivity (Wildman–Crippen MR) is 56.2 cm³/mol. The highest BCUT2D eigenvalue weighted by Crippen LogP contribution is 2.30. The number of nitrogens with two attached hydrogens (primary N) is 1. The van der Waals surface area contributed by atoms with Gasteiger partial charge in [0.15, 0.2) is 5.67 Å². The molecule has 0 bridgehead atoms. The van der Waals surface area contributed by atoms with Crippen molar-refractivity contribution in [3.8, 4) is 0 Å². The zero-order valence-corrected chi connectivity index (χ0v) is 9.24. The summed E-state index contributed by atoms with van der Waals surface area (Å²) in [4.78, 5) is 0. The molecule has 86 valence electrons. The van der Waals surface area contributed by atoms with Crippen LogP contribution in [0, 0.1) is 0 Å². The normalized spacial score (nSPS) is 15.2. The molecule has 0 saturated heterocycles. The second-order valence-electron chi connectivity index (χ2n) is 3.63. The third kappa shape index (κ3) is 2.76. The summed E-state index contributed by atoms with van der Waals surface area (Å²) in [5.41, 5.74) is 4.45. The Hall–Kier alpha value is -0.940. The molecule has 1 unspecified atom stereocenters. The lowest BCUT2D eigenvalue weighted by Crippen LogP contribution is -2.29. The van der Waals surface area contributed by atoms with Crippen molar-refractivity contribution in [1.82, 2.24) is 9.78 Å². The summed E-state index contributed by atoms with van der Waals surface area (Å²) >= 11 is 0. The van der Waals surface area contributed by atoms with Crippen molar-refractivity contribution < 1.29 is 9.13 Å². The van der Waals surface area contributed by atoms with E-state index in [-0.39, 0.29) is 6.61 Å².